The van der Waals surface area contributed by atoms with Crippen LogP contribution in [-0.4, -0.2) is 29.2 Å². The summed E-state index contributed by atoms with van der Waals surface area (Å²) in [4.78, 5) is 39.4. The largest absolute Gasteiger partial charge is 0.325 e. The molecule has 0 radical (unpaired) electrons. The lowest BCUT2D eigenvalue weighted by molar-refractivity contribution is -0.130. The van der Waals surface area contributed by atoms with Gasteiger partial charge in [0.05, 0.1) is 6.54 Å². The van der Waals surface area contributed by atoms with Gasteiger partial charge in [-0.2, -0.15) is 0 Å². The maximum absolute atomic E-state index is 13.1. The van der Waals surface area contributed by atoms with Crippen LogP contribution in [0.25, 0.3) is 0 Å². The lowest BCUT2D eigenvalue weighted by Crippen LogP contribution is -2.41. The molecular formula is C24H26N2O3. The van der Waals surface area contributed by atoms with Crippen LogP contribution in [-0.2, 0) is 29.6 Å². The van der Waals surface area contributed by atoms with Crippen molar-refractivity contribution in [3.8, 4) is 0 Å². The Kier molecular flexibility index (Phi) is 4.99. The van der Waals surface area contributed by atoms with Crippen LogP contribution in [0.3, 0.4) is 0 Å². The molecule has 1 aliphatic heterocycles. The second kappa shape index (κ2) is 7.47. The number of ketones is 1. The number of rotatable bonds is 6. The molecule has 0 spiro atoms. The van der Waals surface area contributed by atoms with Crippen molar-refractivity contribution in [2.75, 3.05) is 6.54 Å². The summed E-state index contributed by atoms with van der Waals surface area (Å²) in [6, 6.07) is 12.9. The summed E-state index contributed by atoms with van der Waals surface area (Å²) in [5, 5.41) is 2.81. The van der Waals surface area contributed by atoms with E-state index in [-0.39, 0.29) is 18.2 Å². The van der Waals surface area contributed by atoms with Gasteiger partial charge < -0.3 is 5.32 Å². The topological polar surface area (TPSA) is 66.5 Å². The number of hydrogen-bond acceptors (Lipinski definition) is 3. The van der Waals surface area contributed by atoms with E-state index in [1.54, 1.807) is 19.1 Å². The van der Waals surface area contributed by atoms with E-state index >= 15 is 0 Å². The first-order valence-electron chi connectivity index (χ1n) is 10.3. The van der Waals surface area contributed by atoms with Crippen LogP contribution in [0.4, 0.5) is 4.79 Å². The molecule has 2 aromatic rings. The molecule has 1 saturated heterocycles. The molecule has 0 bridgehead atoms. The number of benzene rings is 2. The van der Waals surface area contributed by atoms with Gasteiger partial charge >= 0.3 is 6.03 Å². The lowest BCUT2D eigenvalue weighted by atomic mass is 9.89. The van der Waals surface area contributed by atoms with Crippen molar-refractivity contribution in [3.05, 3.63) is 70.3 Å². The fourth-order valence-corrected chi connectivity index (χ4v) is 4.30. The van der Waals surface area contributed by atoms with Gasteiger partial charge in [-0.15, -0.1) is 0 Å². The van der Waals surface area contributed by atoms with Crippen molar-refractivity contribution in [1.29, 1.82) is 0 Å². The van der Waals surface area contributed by atoms with Crippen LogP contribution in [0.5, 0.6) is 0 Å². The Balaban J connectivity index is 1.52. The van der Waals surface area contributed by atoms with E-state index in [1.807, 2.05) is 30.3 Å². The summed E-state index contributed by atoms with van der Waals surface area (Å²) < 4.78 is 0. The molecule has 0 aromatic heterocycles. The maximum Gasteiger partial charge on any atom is 0.325 e. The highest BCUT2D eigenvalue weighted by molar-refractivity contribution is 6.11. The number of fused-ring (bicyclic) bond motifs is 1. The summed E-state index contributed by atoms with van der Waals surface area (Å²) in [5.41, 5.74) is 3.87. The summed E-state index contributed by atoms with van der Waals surface area (Å²) in [7, 11) is 0. The zero-order valence-corrected chi connectivity index (χ0v) is 17.0. The molecule has 1 aliphatic carbocycles. The Morgan fingerprint density at radius 3 is 2.52 bits per heavy atom. The molecule has 1 atom stereocenters. The predicted octanol–water partition coefficient (Wildman–Crippen LogP) is 3.78. The van der Waals surface area contributed by atoms with Gasteiger partial charge in [0.15, 0.2) is 5.78 Å². The molecule has 1 N–H and O–H groups in total. The monoisotopic (exact) mass is 390 g/mol. The Bertz CT molecular complexity index is 980. The van der Waals surface area contributed by atoms with Crippen LogP contribution in [0.1, 0.15) is 59.3 Å². The van der Waals surface area contributed by atoms with E-state index in [1.165, 1.54) is 16.7 Å². The first-order valence-corrected chi connectivity index (χ1v) is 10.3. The van der Waals surface area contributed by atoms with E-state index in [0.717, 1.165) is 42.6 Å². The van der Waals surface area contributed by atoms with Gasteiger partial charge in [0.1, 0.15) is 5.54 Å². The third kappa shape index (κ3) is 3.46. The Morgan fingerprint density at radius 2 is 1.79 bits per heavy atom. The number of Topliss-reactive ketones (excluding diaryl/α,β-unsaturated/α-hetero) is 1. The maximum atomic E-state index is 13.1. The second-order valence-electron chi connectivity index (χ2n) is 8.15. The molecule has 0 saturated carbocycles. The first-order chi connectivity index (χ1) is 13.9. The van der Waals surface area contributed by atoms with Gasteiger partial charge in [-0.05, 0) is 54.9 Å². The second-order valence-corrected chi connectivity index (χ2v) is 8.15. The predicted molar refractivity (Wildman–Crippen MR) is 111 cm³/mol. The molecule has 1 heterocycles. The van der Waals surface area contributed by atoms with Gasteiger partial charge in [-0.1, -0.05) is 55.8 Å². The molecule has 3 amide bonds. The minimum atomic E-state index is -1.14. The van der Waals surface area contributed by atoms with Crippen molar-refractivity contribution in [2.45, 2.75) is 51.5 Å². The lowest BCUT2D eigenvalue weighted by Gasteiger charge is -2.23. The summed E-state index contributed by atoms with van der Waals surface area (Å²) in [5.74, 6) is -0.619. The van der Waals surface area contributed by atoms with Crippen molar-refractivity contribution in [1.82, 2.24) is 10.2 Å². The summed E-state index contributed by atoms with van der Waals surface area (Å²) in [6.07, 6.45) is 5.17. The molecule has 2 aliphatic rings. The summed E-state index contributed by atoms with van der Waals surface area (Å²) in [6.45, 7) is 3.57. The smallest absolute Gasteiger partial charge is 0.319 e. The van der Waals surface area contributed by atoms with Gasteiger partial charge in [0.2, 0.25) is 0 Å². The number of amides is 3. The fraction of sp³-hybridized carbons (Fsp3) is 0.375. The SMILES string of the molecule is CCCc1ccc(C(=O)CN2C(=O)NC(C)(c3ccc4c(c3)CCC4)C2=O)cc1. The van der Waals surface area contributed by atoms with Crippen molar-refractivity contribution < 1.29 is 14.4 Å². The minimum Gasteiger partial charge on any atom is -0.319 e. The average Bonchev–Trinajstić information content (AvgIpc) is 3.27. The van der Waals surface area contributed by atoms with Crippen LogP contribution in [0, 0.1) is 0 Å². The zero-order chi connectivity index (χ0) is 20.6. The van der Waals surface area contributed by atoms with Crippen LogP contribution < -0.4 is 5.32 Å². The molecule has 1 fully saturated rings. The van der Waals surface area contributed by atoms with Gasteiger partial charge in [0.25, 0.3) is 5.91 Å². The molecule has 5 heteroatoms. The highest BCUT2D eigenvalue weighted by Gasteiger charge is 2.49. The van der Waals surface area contributed by atoms with Gasteiger partial charge in [0, 0.05) is 5.56 Å². The normalized spacial score (nSPS) is 20.7. The van der Waals surface area contributed by atoms with Crippen LogP contribution in [0.2, 0.25) is 0 Å². The molecule has 2 aromatic carbocycles. The van der Waals surface area contributed by atoms with Crippen LogP contribution >= 0.6 is 0 Å². The number of aryl methyl sites for hydroxylation is 3. The number of imide groups is 1. The average molecular weight is 390 g/mol. The highest BCUT2D eigenvalue weighted by Crippen LogP contribution is 2.32. The third-order valence-electron chi connectivity index (χ3n) is 6.07. The number of carbonyl (C=O) groups excluding carboxylic acids is 3. The number of carbonyl (C=O) groups is 3. The third-order valence-corrected chi connectivity index (χ3v) is 6.07. The molecule has 29 heavy (non-hydrogen) atoms. The standard InChI is InChI=1S/C24H26N2O3/c1-3-5-16-8-10-18(11-9-16)21(27)15-26-22(28)24(2,25-23(26)29)20-13-12-17-6-4-7-19(17)14-20/h8-14H,3-7,15H2,1-2H3,(H,25,29). The van der Waals surface area contributed by atoms with E-state index in [2.05, 4.69) is 12.2 Å². The quantitative estimate of drug-likeness (QED) is 0.603. The van der Waals surface area contributed by atoms with Gasteiger partial charge in [-0.3, -0.25) is 14.5 Å². The molecule has 5 nitrogen and oxygen atoms in total. The number of urea groups is 1. The number of nitrogens with one attached hydrogen (secondary N) is 1. The van der Waals surface area contributed by atoms with E-state index in [4.69, 9.17) is 0 Å². The Labute approximate surface area is 171 Å². The first kappa shape index (κ1) is 19.4. The fourth-order valence-electron chi connectivity index (χ4n) is 4.30. The van der Waals surface area contributed by atoms with Crippen molar-refractivity contribution in [2.24, 2.45) is 0 Å². The van der Waals surface area contributed by atoms with Gasteiger partial charge in [-0.25, -0.2) is 4.79 Å². The molecule has 150 valence electrons. The highest BCUT2D eigenvalue weighted by atomic mass is 16.2. The minimum absolute atomic E-state index is 0.241. The molecule has 4 rings (SSSR count). The zero-order valence-electron chi connectivity index (χ0n) is 17.0. The molecular weight excluding hydrogens is 364 g/mol. The van der Waals surface area contributed by atoms with Crippen molar-refractivity contribution >= 4 is 17.7 Å². The van der Waals surface area contributed by atoms with E-state index in [9.17, 15) is 14.4 Å². The van der Waals surface area contributed by atoms with Crippen molar-refractivity contribution in [3.63, 3.8) is 0 Å². The molecule has 1 unspecified atom stereocenters. The number of hydrogen-bond donors (Lipinski definition) is 1. The van der Waals surface area contributed by atoms with E-state index in [0.29, 0.717) is 5.56 Å². The summed E-state index contributed by atoms with van der Waals surface area (Å²) >= 11 is 0. The Morgan fingerprint density at radius 1 is 1.07 bits per heavy atom. The Hall–Kier alpha value is -2.95. The van der Waals surface area contributed by atoms with Crippen LogP contribution in [0.15, 0.2) is 42.5 Å². The number of nitrogens with zero attached hydrogens (tertiary/aromatic N) is 1. The van der Waals surface area contributed by atoms with E-state index < -0.39 is 11.6 Å².